The number of allylic oxidation sites excluding steroid dienone is 2. The monoisotopic (exact) mass is 255 g/mol. The van der Waals surface area contributed by atoms with Crippen LogP contribution in [0, 0.1) is 0 Å². The van der Waals surface area contributed by atoms with Crippen molar-refractivity contribution in [1.82, 2.24) is 4.98 Å². The predicted octanol–water partition coefficient (Wildman–Crippen LogP) is 3.90. The second-order valence-corrected chi connectivity index (χ2v) is 4.53. The largest absolute Gasteiger partial charge is 0.260 e. The number of halogens is 2. The summed E-state index contributed by atoms with van der Waals surface area (Å²) < 4.78 is 0. The van der Waals surface area contributed by atoms with Crippen LogP contribution in [0.4, 0.5) is 5.82 Å². The Morgan fingerprint density at radius 3 is 2.81 bits per heavy atom. The molecule has 0 saturated heterocycles. The third-order valence-corrected chi connectivity index (χ3v) is 2.80. The number of rotatable bonds is 2. The molecule has 0 aliphatic heterocycles. The summed E-state index contributed by atoms with van der Waals surface area (Å²) in [4.78, 5) is 4.06. The zero-order valence-electron chi connectivity index (χ0n) is 8.80. The van der Waals surface area contributed by atoms with Crippen LogP contribution in [0.5, 0.6) is 0 Å². The van der Waals surface area contributed by atoms with Gasteiger partial charge < -0.3 is 0 Å². The fourth-order valence-electron chi connectivity index (χ4n) is 1.46. The number of aromatic nitrogens is 1. The first-order valence-electron chi connectivity index (χ1n) is 4.96. The molecule has 0 radical (unpaired) electrons. The van der Waals surface area contributed by atoms with Gasteiger partial charge in [-0.15, -0.1) is 0 Å². The normalized spacial score (nSPS) is 17.7. The molecule has 2 rings (SSSR count). The molecule has 1 aliphatic carbocycles. The van der Waals surface area contributed by atoms with Crippen LogP contribution in [-0.4, -0.2) is 10.7 Å². The van der Waals surface area contributed by atoms with E-state index in [2.05, 4.69) is 28.5 Å². The molecule has 5 heteroatoms. The highest BCUT2D eigenvalue weighted by molar-refractivity contribution is 6.35. The molecule has 1 N–H and O–H groups in total. The molecule has 0 saturated carbocycles. The highest BCUT2D eigenvalue weighted by Crippen LogP contribution is 2.23. The molecule has 1 aliphatic rings. The van der Waals surface area contributed by atoms with E-state index >= 15 is 0 Å². The van der Waals surface area contributed by atoms with Crippen molar-refractivity contribution in [2.24, 2.45) is 5.10 Å². The Kier molecular flexibility index (Phi) is 3.46. The first-order valence-corrected chi connectivity index (χ1v) is 5.71. The van der Waals surface area contributed by atoms with E-state index in [1.54, 1.807) is 6.07 Å². The lowest BCUT2D eigenvalue weighted by Gasteiger charge is -2.02. The Balaban J connectivity index is 2.10. The molecule has 0 unspecified atom stereocenters. The van der Waals surface area contributed by atoms with E-state index in [4.69, 9.17) is 23.2 Å². The molecule has 1 heterocycles. The molecule has 16 heavy (non-hydrogen) atoms. The maximum absolute atomic E-state index is 5.95. The van der Waals surface area contributed by atoms with Gasteiger partial charge in [0.25, 0.3) is 0 Å². The van der Waals surface area contributed by atoms with Crippen LogP contribution in [0.3, 0.4) is 0 Å². The van der Waals surface area contributed by atoms with Crippen molar-refractivity contribution in [3.05, 3.63) is 34.0 Å². The lowest BCUT2D eigenvalue weighted by Crippen LogP contribution is -1.98. The summed E-state index contributed by atoms with van der Waals surface area (Å²) in [6.45, 7) is 2.09. The summed E-state index contributed by atoms with van der Waals surface area (Å²) in [5.74, 6) is 0.525. The SMILES string of the molecule is CC1=C/C(=N/Nc2ncc(Cl)cc2Cl)CC1. The van der Waals surface area contributed by atoms with Gasteiger partial charge in [0, 0.05) is 6.20 Å². The Hall–Kier alpha value is -1.06. The highest BCUT2D eigenvalue weighted by atomic mass is 35.5. The fraction of sp³-hybridized carbons (Fsp3) is 0.273. The number of hydrogen-bond donors (Lipinski definition) is 1. The molecule has 0 fully saturated rings. The minimum Gasteiger partial charge on any atom is -0.260 e. The molecular formula is C11H11Cl2N3. The Morgan fingerprint density at radius 1 is 1.38 bits per heavy atom. The summed E-state index contributed by atoms with van der Waals surface area (Å²) in [7, 11) is 0. The van der Waals surface area contributed by atoms with Crippen molar-refractivity contribution < 1.29 is 0 Å². The number of hydrazone groups is 1. The van der Waals surface area contributed by atoms with Crippen molar-refractivity contribution >= 4 is 34.7 Å². The van der Waals surface area contributed by atoms with Gasteiger partial charge in [-0.05, 0) is 31.9 Å². The van der Waals surface area contributed by atoms with Crippen LogP contribution < -0.4 is 5.43 Å². The van der Waals surface area contributed by atoms with Crippen LogP contribution in [0.2, 0.25) is 10.0 Å². The van der Waals surface area contributed by atoms with Gasteiger partial charge in [0.1, 0.15) is 0 Å². The average molecular weight is 256 g/mol. The zero-order chi connectivity index (χ0) is 11.5. The van der Waals surface area contributed by atoms with Gasteiger partial charge in [-0.25, -0.2) is 4.98 Å². The van der Waals surface area contributed by atoms with Crippen LogP contribution in [0.15, 0.2) is 29.0 Å². The van der Waals surface area contributed by atoms with Crippen LogP contribution >= 0.6 is 23.2 Å². The Morgan fingerprint density at radius 2 is 2.19 bits per heavy atom. The lowest BCUT2D eigenvalue weighted by molar-refractivity contribution is 1.05. The quantitative estimate of drug-likeness (QED) is 0.815. The maximum atomic E-state index is 5.95. The third kappa shape index (κ3) is 2.74. The van der Waals surface area contributed by atoms with Crippen molar-refractivity contribution in [3.8, 4) is 0 Å². The van der Waals surface area contributed by atoms with Crippen molar-refractivity contribution in [2.45, 2.75) is 19.8 Å². The predicted molar refractivity (Wildman–Crippen MR) is 68.3 cm³/mol. The highest BCUT2D eigenvalue weighted by Gasteiger charge is 2.07. The summed E-state index contributed by atoms with van der Waals surface area (Å²) in [6, 6.07) is 1.63. The van der Waals surface area contributed by atoms with E-state index in [1.807, 2.05) is 0 Å². The molecule has 1 aromatic rings. The van der Waals surface area contributed by atoms with Gasteiger partial charge in [0.2, 0.25) is 0 Å². The van der Waals surface area contributed by atoms with Gasteiger partial charge >= 0.3 is 0 Å². The van der Waals surface area contributed by atoms with E-state index in [9.17, 15) is 0 Å². The van der Waals surface area contributed by atoms with E-state index in [0.29, 0.717) is 15.9 Å². The van der Waals surface area contributed by atoms with E-state index in [-0.39, 0.29) is 0 Å². The molecule has 0 aromatic carbocycles. The number of anilines is 1. The molecule has 0 amide bonds. The second kappa shape index (κ2) is 4.85. The standard InChI is InChI=1S/C11H11Cl2N3/c1-7-2-3-9(4-7)15-16-11-10(13)5-8(12)6-14-11/h4-6H,2-3H2,1H3,(H,14,16)/b15-9+. The fourth-order valence-corrected chi connectivity index (χ4v) is 1.89. The van der Waals surface area contributed by atoms with Crippen LogP contribution in [-0.2, 0) is 0 Å². The smallest absolute Gasteiger partial charge is 0.165 e. The summed E-state index contributed by atoms with van der Waals surface area (Å²) in [5, 5.41) is 5.22. The summed E-state index contributed by atoms with van der Waals surface area (Å²) in [5.41, 5.74) is 5.21. The van der Waals surface area contributed by atoms with Crippen molar-refractivity contribution in [3.63, 3.8) is 0 Å². The molecule has 3 nitrogen and oxygen atoms in total. The number of pyridine rings is 1. The molecular weight excluding hydrogens is 245 g/mol. The van der Waals surface area contributed by atoms with Gasteiger partial charge in [-0.2, -0.15) is 5.10 Å². The van der Waals surface area contributed by atoms with Gasteiger partial charge in [0.05, 0.1) is 15.8 Å². The molecule has 0 bridgehead atoms. The second-order valence-electron chi connectivity index (χ2n) is 3.69. The van der Waals surface area contributed by atoms with E-state index < -0.39 is 0 Å². The van der Waals surface area contributed by atoms with Crippen molar-refractivity contribution in [1.29, 1.82) is 0 Å². The Labute approximate surface area is 104 Å². The first kappa shape index (κ1) is 11.4. The molecule has 84 valence electrons. The molecule has 1 aromatic heterocycles. The van der Waals surface area contributed by atoms with E-state index in [0.717, 1.165) is 18.6 Å². The topological polar surface area (TPSA) is 37.3 Å². The van der Waals surface area contributed by atoms with Crippen LogP contribution in [0.25, 0.3) is 0 Å². The number of nitrogens with one attached hydrogen (secondary N) is 1. The Bertz CT molecular complexity index is 466. The molecule has 0 atom stereocenters. The lowest BCUT2D eigenvalue weighted by atomic mass is 10.3. The summed E-state index contributed by atoms with van der Waals surface area (Å²) >= 11 is 11.7. The van der Waals surface area contributed by atoms with Gasteiger partial charge in [-0.1, -0.05) is 28.8 Å². The minimum absolute atomic E-state index is 0.468. The number of hydrogen-bond acceptors (Lipinski definition) is 3. The minimum atomic E-state index is 0.468. The van der Waals surface area contributed by atoms with E-state index in [1.165, 1.54) is 11.8 Å². The zero-order valence-corrected chi connectivity index (χ0v) is 10.3. The third-order valence-electron chi connectivity index (χ3n) is 2.30. The summed E-state index contributed by atoms with van der Waals surface area (Å²) in [6.07, 6.45) is 5.63. The maximum Gasteiger partial charge on any atom is 0.165 e. The molecule has 0 spiro atoms. The first-order chi connectivity index (χ1) is 7.65. The average Bonchev–Trinajstić information content (AvgIpc) is 2.63. The van der Waals surface area contributed by atoms with Gasteiger partial charge in [-0.3, -0.25) is 5.43 Å². The van der Waals surface area contributed by atoms with Crippen LogP contribution in [0.1, 0.15) is 19.8 Å². The van der Waals surface area contributed by atoms with Crippen molar-refractivity contribution in [2.75, 3.05) is 5.43 Å². The number of nitrogens with zero attached hydrogens (tertiary/aromatic N) is 2. The van der Waals surface area contributed by atoms with Gasteiger partial charge in [0.15, 0.2) is 5.82 Å².